The van der Waals surface area contributed by atoms with Gasteiger partial charge in [0.2, 0.25) is 0 Å². The van der Waals surface area contributed by atoms with Crippen LogP contribution in [0, 0.1) is 0 Å². The summed E-state index contributed by atoms with van der Waals surface area (Å²) in [7, 11) is 0. The summed E-state index contributed by atoms with van der Waals surface area (Å²) in [5, 5.41) is 0.0808. The number of alkyl halides is 1. The Morgan fingerprint density at radius 3 is 1.70 bits per heavy atom. The molecule has 2 rings (SSSR count). The van der Waals surface area contributed by atoms with Crippen molar-refractivity contribution in [3.8, 4) is 22.6 Å². The van der Waals surface area contributed by atoms with E-state index in [1.54, 1.807) is 0 Å². The summed E-state index contributed by atoms with van der Waals surface area (Å²) >= 11 is 3.70. The maximum Gasteiger partial charge on any atom is 0.153 e. The van der Waals surface area contributed by atoms with E-state index in [9.17, 15) is 0 Å². The van der Waals surface area contributed by atoms with E-state index in [4.69, 9.17) is 9.47 Å². The van der Waals surface area contributed by atoms with E-state index in [0.29, 0.717) is 0 Å². The second-order valence-electron chi connectivity index (χ2n) is 10.2. The summed E-state index contributed by atoms with van der Waals surface area (Å²) in [6.07, 6.45) is 24.0. The Kier molecular flexibility index (Phi) is 18.1. The van der Waals surface area contributed by atoms with Gasteiger partial charge in [-0.1, -0.05) is 114 Å². The SMILES string of the molecule is C=CCCCCCCCCCOc1ccc(-c2ccc(OC(Br)CCCCCCCCCC)cc2)cc1. The minimum Gasteiger partial charge on any atom is -0.494 e. The normalized spacial score (nSPS) is 11.8. The van der Waals surface area contributed by atoms with Crippen LogP contribution in [0.2, 0.25) is 0 Å². The van der Waals surface area contributed by atoms with Crippen LogP contribution in [-0.4, -0.2) is 11.6 Å². The second-order valence-corrected chi connectivity index (χ2v) is 11.3. The first kappa shape index (κ1) is 31.5. The van der Waals surface area contributed by atoms with E-state index in [1.807, 2.05) is 6.08 Å². The van der Waals surface area contributed by atoms with Crippen LogP contribution < -0.4 is 9.47 Å². The van der Waals surface area contributed by atoms with Crippen molar-refractivity contribution in [2.24, 2.45) is 0 Å². The molecule has 206 valence electrons. The van der Waals surface area contributed by atoms with Gasteiger partial charge >= 0.3 is 0 Å². The molecule has 0 aliphatic rings. The molecule has 0 bridgehead atoms. The highest BCUT2D eigenvalue weighted by Gasteiger charge is 2.07. The molecule has 2 nitrogen and oxygen atoms in total. The van der Waals surface area contributed by atoms with Crippen molar-refractivity contribution in [1.29, 1.82) is 0 Å². The van der Waals surface area contributed by atoms with Gasteiger partial charge in [-0.25, -0.2) is 0 Å². The number of benzene rings is 2. The molecule has 0 radical (unpaired) electrons. The Morgan fingerprint density at radius 1 is 0.649 bits per heavy atom. The van der Waals surface area contributed by atoms with E-state index >= 15 is 0 Å². The van der Waals surface area contributed by atoms with E-state index in [2.05, 4.69) is 78.0 Å². The molecule has 0 heterocycles. The van der Waals surface area contributed by atoms with Crippen molar-refractivity contribution < 1.29 is 9.47 Å². The molecule has 0 spiro atoms. The summed E-state index contributed by atoms with van der Waals surface area (Å²) in [6, 6.07) is 16.9. The van der Waals surface area contributed by atoms with Crippen LogP contribution in [-0.2, 0) is 0 Å². The third-order valence-corrected chi connectivity index (χ3v) is 7.56. The van der Waals surface area contributed by atoms with Gasteiger partial charge < -0.3 is 9.47 Å². The zero-order chi connectivity index (χ0) is 26.4. The fourth-order valence-electron chi connectivity index (χ4n) is 4.58. The largest absolute Gasteiger partial charge is 0.494 e. The molecule has 0 aliphatic carbocycles. The van der Waals surface area contributed by atoms with E-state index in [1.165, 1.54) is 101 Å². The zero-order valence-corrected chi connectivity index (χ0v) is 25.0. The number of hydrogen-bond donors (Lipinski definition) is 0. The number of halogens is 1. The highest BCUT2D eigenvalue weighted by molar-refractivity contribution is 9.09. The van der Waals surface area contributed by atoms with Crippen molar-refractivity contribution >= 4 is 15.9 Å². The summed E-state index contributed by atoms with van der Waals surface area (Å²) in [5.41, 5.74) is 2.39. The molecule has 3 heteroatoms. The highest BCUT2D eigenvalue weighted by atomic mass is 79.9. The Labute approximate surface area is 236 Å². The fraction of sp³-hybridized carbons (Fsp3) is 0.588. The fourth-order valence-corrected chi connectivity index (χ4v) is 5.12. The van der Waals surface area contributed by atoms with Gasteiger partial charge in [-0.15, -0.1) is 6.58 Å². The van der Waals surface area contributed by atoms with Crippen molar-refractivity contribution in [3.05, 3.63) is 61.2 Å². The van der Waals surface area contributed by atoms with Crippen LogP contribution in [0.25, 0.3) is 11.1 Å². The smallest absolute Gasteiger partial charge is 0.153 e. The zero-order valence-electron chi connectivity index (χ0n) is 23.4. The van der Waals surface area contributed by atoms with Gasteiger partial charge in [0.1, 0.15) is 11.5 Å². The minimum absolute atomic E-state index is 0.0808. The summed E-state index contributed by atoms with van der Waals surface area (Å²) in [5.74, 6) is 1.87. The van der Waals surface area contributed by atoms with E-state index in [0.717, 1.165) is 37.4 Å². The number of unbranched alkanes of at least 4 members (excludes halogenated alkanes) is 14. The Hall–Kier alpha value is -1.74. The lowest BCUT2D eigenvalue weighted by atomic mass is 10.1. The van der Waals surface area contributed by atoms with Crippen LogP contribution >= 0.6 is 15.9 Å². The highest BCUT2D eigenvalue weighted by Crippen LogP contribution is 2.26. The second kappa shape index (κ2) is 21.2. The number of ether oxygens (including phenoxy) is 2. The molecule has 37 heavy (non-hydrogen) atoms. The molecule has 0 aliphatic heterocycles. The maximum atomic E-state index is 6.08. The van der Waals surface area contributed by atoms with Crippen molar-refractivity contribution in [1.82, 2.24) is 0 Å². The van der Waals surface area contributed by atoms with Gasteiger partial charge in [0.25, 0.3) is 0 Å². The Bertz CT molecular complexity index is 800. The Balaban J connectivity index is 1.58. The summed E-state index contributed by atoms with van der Waals surface area (Å²) in [6.45, 7) is 6.86. The first-order valence-electron chi connectivity index (χ1n) is 15.0. The average Bonchev–Trinajstić information content (AvgIpc) is 2.92. The summed E-state index contributed by atoms with van der Waals surface area (Å²) in [4.78, 5) is 0. The minimum atomic E-state index is 0.0808. The van der Waals surface area contributed by atoms with Crippen LogP contribution in [0.3, 0.4) is 0 Å². The maximum absolute atomic E-state index is 6.08. The van der Waals surface area contributed by atoms with Gasteiger partial charge in [0.05, 0.1) is 6.61 Å². The third kappa shape index (κ3) is 15.3. The lowest BCUT2D eigenvalue weighted by molar-refractivity contribution is 0.277. The van der Waals surface area contributed by atoms with Gasteiger partial charge in [-0.2, -0.15) is 0 Å². The van der Waals surface area contributed by atoms with Crippen LogP contribution in [0.1, 0.15) is 116 Å². The lowest BCUT2D eigenvalue weighted by Gasteiger charge is -2.13. The molecule has 1 unspecified atom stereocenters. The van der Waals surface area contributed by atoms with E-state index in [-0.39, 0.29) is 5.01 Å². The van der Waals surface area contributed by atoms with Crippen LogP contribution in [0.15, 0.2) is 61.2 Å². The number of hydrogen-bond acceptors (Lipinski definition) is 2. The monoisotopic (exact) mass is 570 g/mol. The third-order valence-electron chi connectivity index (χ3n) is 6.91. The van der Waals surface area contributed by atoms with Crippen LogP contribution in [0.5, 0.6) is 11.5 Å². The van der Waals surface area contributed by atoms with Crippen molar-refractivity contribution in [2.45, 2.75) is 121 Å². The molecule has 0 N–H and O–H groups in total. The van der Waals surface area contributed by atoms with Crippen molar-refractivity contribution in [3.63, 3.8) is 0 Å². The standard InChI is InChI=1S/C34H51BrO2/c1-3-5-7-9-11-13-15-17-19-29-36-32-25-21-30(22-26-32)31-23-27-33(28-24-31)37-34(35)20-18-16-14-12-10-8-6-4-2/h3,21-28,34H,1,4-20,29H2,2H3. The molecule has 0 saturated heterocycles. The van der Waals surface area contributed by atoms with Gasteiger partial charge in [0, 0.05) is 0 Å². The molecular weight excluding hydrogens is 520 g/mol. The predicted octanol–water partition coefficient (Wildman–Crippen LogP) is 11.7. The molecule has 2 aromatic carbocycles. The average molecular weight is 572 g/mol. The van der Waals surface area contributed by atoms with E-state index < -0.39 is 0 Å². The molecule has 2 aromatic rings. The lowest BCUT2D eigenvalue weighted by Crippen LogP contribution is -2.07. The Morgan fingerprint density at radius 2 is 1.14 bits per heavy atom. The molecule has 1 atom stereocenters. The van der Waals surface area contributed by atoms with Gasteiger partial charge in [-0.3, -0.25) is 0 Å². The van der Waals surface area contributed by atoms with Crippen LogP contribution in [0.4, 0.5) is 0 Å². The quantitative estimate of drug-likeness (QED) is 0.0750. The topological polar surface area (TPSA) is 18.5 Å². The first-order valence-corrected chi connectivity index (χ1v) is 15.9. The first-order chi connectivity index (χ1) is 18.2. The number of rotatable bonds is 23. The summed E-state index contributed by atoms with van der Waals surface area (Å²) < 4.78 is 12.0. The predicted molar refractivity (Wildman–Crippen MR) is 165 cm³/mol. The molecule has 0 amide bonds. The van der Waals surface area contributed by atoms with Crippen molar-refractivity contribution in [2.75, 3.05) is 6.61 Å². The van der Waals surface area contributed by atoms with Gasteiger partial charge in [-0.05, 0) is 83.4 Å². The molecule has 0 saturated carbocycles. The molecule has 0 fully saturated rings. The number of allylic oxidation sites excluding steroid dienone is 1. The molecule has 0 aromatic heterocycles. The van der Waals surface area contributed by atoms with Gasteiger partial charge in [0.15, 0.2) is 5.01 Å². The molecular formula is C34H51BrO2.